The Balaban J connectivity index is 2.07. The van der Waals surface area contributed by atoms with Gasteiger partial charge in [-0.3, -0.25) is 4.79 Å². The molecular weight excluding hydrogens is 355 g/mol. The van der Waals surface area contributed by atoms with Crippen LogP contribution in [0, 0.1) is 5.82 Å². The van der Waals surface area contributed by atoms with E-state index in [0.717, 1.165) is 0 Å². The number of rotatable bonds is 7. The number of nitrogens with one attached hydrogen (secondary N) is 1. The number of hydrogen-bond acceptors (Lipinski definition) is 3. The van der Waals surface area contributed by atoms with E-state index in [2.05, 4.69) is 5.32 Å². The van der Waals surface area contributed by atoms with Crippen LogP contribution >= 0.6 is 0 Å². The summed E-state index contributed by atoms with van der Waals surface area (Å²) in [6.07, 6.45) is 0.354. The van der Waals surface area contributed by atoms with Crippen molar-refractivity contribution in [3.05, 3.63) is 65.5 Å². The number of sulfonamides is 1. The Morgan fingerprint density at radius 1 is 1.15 bits per heavy atom. The van der Waals surface area contributed by atoms with Crippen molar-refractivity contribution in [3.8, 4) is 0 Å². The number of carbonyl (C=O) groups is 1. The van der Waals surface area contributed by atoms with Crippen LogP contribution in [-0.4, -0.2) is 38.3 Å². The molecule has 0 unspecified atom stereocenters. The topological polar surface area (TPSA) is 66.5 Å². The fourth-order valence-corrected chi connectivity index (χ4v) is 3.77. The molecule has 0 radical (unpaired) electrons. The zero-order chi connectivity index (χ0) is 19.3. The Labute approximate surface area is 153 Å². The van der Waals surface area contributed by atoms with Crippen molar-refractivity contribution >= 4 is 15.9 Å². The van der Waals surface area contributed by atoms with Crippen LogP contribution in [0.25, 0.3) is 0 Å². The lowest BCUT2D eigenvalue weighted by Gasteiger charge is -2.21. The van der Waals surface area contributed by atoms with Crippen molar-refractivity contribution in [1.29, 1.82) is 0 Å². The standard InChI is InChI=1S/C19H23FN2O3S/c1-14(2)22(3)26(24,25)17-9-6-8-16(13-17)19(23)21-12-11-15-7-4-5-10-18(15)20/h4-10,13-14H,11-12H2,1-3H3,(H,21,23). The van der Waals surface area contributed by atoms with Gasteiger partial charge >= 0.3 is 0 Å². The summed E-state index contributed by atoms with van der Waals surface area (Å²) in [6, 6.07) is 12.1. The van der Waals surface area contributed by atoms with Crippen LogP contribution in [0.2, 0.25) is 0 Å². The number of halogens is 1. The van der Waals surface area contributed by atoms with E-state index in [9.17, 15) is 17.6 Å². The maximum atomic E-state index is 13.6. The lowest BCUT2D eigenvalue weighted by Crippen LogP contribution is -2.33. The lowest BCUT2D eigenvalue weighted by atomic mass is 10.1. The molecule has 26 heavy (non-hydrogen) atoms. The Morgan fingerprint density at radius 3 is 2.50 bits per heavy atom. The van der Waals surface area contributed by atoms with E-state index in [-0.39, 0.29) is 28.9 Å². The van der Waals surface area contributed by atoms with Gasteiger partial charge in [0.15, 0.2) is 0 Å². The minimum absolute atomic E-state index is 0.0652. The Kier molecular flexibility index (Phi) is 6.50. The molecule has 0 atom stereocenters. The average Bonchev–Trinajstić information content (AvgIpc) is 2.62. The van der Waals surface area contributed by atoms with Gasteiger partial charge in [-0.2, -0.15) is 4.31 Å². The van der Waals surface area contributed by atoms with E-state index < -0.39 is 15.9 Å². The molecular formula is C19H23FN2O3S. The normalized spacial score (nSPS) is 11.8. The van der Waals surface area contributed by atoms with Crippen LogP contribution in [-0.2, 0) is 16.4 Å². The van der Waals surface area contributed by atoms with Gasteiger partial charge in [0, 0.05) is 25.2 Å². The van der Waals surface area contributed by atoms with Crippen molar-refractivity contribution in [3.63, 3.8) is 0 Å². The predicted octanol–water partition coefficient (Wildman–Crippen LogP) is 2.83. The van der Waals surface area contributed by atoms with Gasteiger partial charge < -0.3 is 5.32 Å². The highest BCUT2D eigenvalue weighted by molar-refractivity contribution is 7.89. The number of amides is 1. The molecule has 140 valence electrons. The summed E-state index contributed by atoms with van der Waals surface area (Å²) < 4.78 is 39.9. The molecule has 0 saturated carbocycles. The summed E-state index contributed by atoms with van der Waals surface area (Å²) in [5.41, 5.74) is 0.763. The molecule has 2 aromatic rings. The quantitative estimate of drug-likeness (QED) is 0.806. The van der Waals surface area contributed by atoms with Crippen molar-refractivity contribution in [1.82, 2.24) is 9.62 Å². The van der Waals surface area contributed by atoms with Gasteiger partial charge in [-0.1, -0.05) is 24.3 Å². The first-order valence-corrected chi connectivity index (χ1v) is 9.77. The van der Waals surface area contributed by atoms with Crippen LogP contribution in [0.3, 0.4) is 0 Å². The van der Waals surface area contributed by atoms with Crippen LogP contribution < -0.4 is 5.32 Å². The summed E-state index contributed by atoms with van der Waals surface area (Å²) >= 11 is 0. The van der Waals surface area contributed by atoms with Gasteiger partial charge in [0.05, 0.1) is 4.90 Å². The second-order valence-electron chi connectivity index (χ2n) is 6.24. The molecule has 0 bridgehead atoms. The molecule has 0 aliphatic heterocycles. The highest BCUT2D eigenvalue weighted by Gasteiger charge is 2.23. The highest BCUT2D eigenvalue weighted by Crippen LogP contribution is 2.18. The Hall–Kier alpha value is -2.25. The second kappa shape index (κ2) is 8.42. The third kappa shape index (κ3) is 4.68. The molecule has 1 amide bonds. The smallest absolute Gasteiger partial charge is 0.251 e. The van der Waals surface area contributed by atoms with Gasteiger partial charge in [-0.05, 0) is 50.1 Å². The molecule has 0 aliphatic carbocycles. The summed E-state index contributed by atoms with van der Waals surface area (Å²) in [5.74, 6) is -0.711. The first kappa shape index (κ1) is 20.1. The minimum Gasteiger partial charge on any atom is -0.352 e. The van der Waals surface area contributed by atoms with Crippen LogP contribution in [0.1, 0.15) is 29.8 Å². The number of nitrogens with zero attached hydrogens (tertiary/aromatic N) is 1. The maximum absolute atomic E-state index is 13.6. The molecule has 0 aliphatic rings. The van der Waals surface area contributed by atoms with E-state index in [0.29, 0.717) is 12.0 Å². The van der Waals surface area contributed by atoms with E-state index in [1.54, 1.807) is 38.1 Å². The van der Waals surface area contributed by atoms with Crippen molar-refractivity contribution in [2.75, 3.05) is 13.6 Å². The summed E-state index contributed by atoms with van der Waals surface area (Å²) in [4.78, 5) is 12.4. The summed E-state index contributed by atoms with van der Waals surface area (Å²) in [5, 5.41) is 2.69. The van der Waals surface area contributed by atoms with Gasteiger partial charge in [0.1, 0.15) is 5.82 Å². The molecule has 0 saturated heterocycles. The molecule has 0 spiro atoms. The third-order valence-electron chi connectivity index (χ3n) is 4.14. The number of carbonyl (C=O) groups excluding carboxylic acids is 1. The molecule has 0 heterocycles. The maximum Gasteiger partial charge on any atom is 0.251 e. The fraction of sp³-hybridized carbons (Fsp3) is 0.316. The summed E-state index contributed by atoms with van der Waals surface area (Å²) in [7, 11) is -2.16. The molecule has 2 aromatic carbocycles. The monoisotopic (exact) mass is 378 g/mol. The lowest BCUT2D eigenvalue weighted by molar-refractivity contribution is 0.0954. The summed E-state index contributed by atoms with van der Waals surface area (Å²) in [6.45, 7) is 3.80. The molecule has 2 rings (SSSR count). The van der Waals surface area contributed by atoms with Gasteiger partial charge in [0.2, 0.25) is 10.0 Å². The van der Waals surface area contributed by atoms with Crippen molar-refractivity contribution < 1.29 is 17.6 Å². The van der Waals surface area contributed by atoms with E-state index in [1.165, 1.54) is 35.6 Å². The van der Waals surface area contributed by atoms with Crippen LogP contribution in [0.4, 0.5) is 4.39 Å². The van der Waals surface area contributed by atoms with Crippen molar-refractivity contribution in [2.45, 2.75) is 31.2 Å². The van der Waals surface area contributed by atoms with Crippen LogP contribution in [0.5, 0.6) is 0 Å². The molecule has 7 heteroatoms. The molecule has 5 nitrogen and oxygen atoms in total. The van der Waals surface area contributed by atoms with Crippen LogP contribution in [0.15, 0.2) is 53.4 Å². The third-order valence-corrected chi connectivity index (χ3v) is 6.17. The zero-order valence-electron chi connectivity index (χ0n) is 15.1. The SMILES string of the molecule is CC(C)N(C)S(=O)(=O)c1cccc(C(=O)NCCc2ccccc2F)c1. The van der Waals surface area contributed by atoms with E-state index >= 15 is 0 Å². The first-order chi connectivity index (χ1) is 12.2. The zero-order valence-corrected chi connectivity index (χ0v) is 15.9. The minimum atomic E-state index is -3.66. The van der Waals surface area contributed by atoms with Gasteiger partial charge in [-0.25, -0.2) is 12.8 Å². The Morgan fingerprint density at radius 2 is 1.85 bits per heavy atom. The Bertz CT molecular complexity index is 882. The first-order valence-electron chi connectivity index (χ1n) is 8.33. The second-order valence-corrected chi connectivity index (χ2v) is 8.24. The fourth-order valence-electron chi connectivity index (χ4n) is 2.36. The number of benzene rings is 2. The molecule has 0 aromatic heterocycles. The van der Waals surface area contributed by atoms with E-state index in [4.69, 9.17) is 0 Å². The molecule has 1 N–H and O–H groups in total. The predicted molar refractivity (Wildman–Crippen MR) is 99.0 cm³/mol. The van der Waals surface area contributed by atoms with Gasteiger partial charge in [-0.15, -0.1) is 0 Å². The van der Waals surface area contributed by atoms with Gasteiger partial charge in [0.25, 0.3) is 5.91 Å². The largest absolute Gasteiger partial charge is 0.352 e. The highest BCUT2D eigenvalue weighted by atomic mass is 32.2. The van der Waals surface area contributed by atoms with Crippen molar-refractivity contribution in [2.24, 2.45) is 0 Å². The van der Waals surface area contributed by atoms with E-state index in [1.807, 2.05) is 0 Å². The molecule has 0 fully saturated rings. The number of hydrogen-bond donors (Lipinski definition) is 1. The average molecular weight is 378 g/mol.